The SMILES string of the molecule is CCCCCCCCCCCCOc1cc(/C=C/c2ccc(/C=C/c3ccc(/C=C/c4ccc(C=O)cc4)cc3)cc2)cc(OCCCCCCCCCCCC)c1. The number of hydrogen-bond donors (Lipinski definition) is 0. The topological polar surface area (TPSA) is 35.5 Å². The van der Waals surface area contributed by atoms with Gasteiger partial charge in [-0.05, 0) is 58.4 Å². The minimum Gasteiger partial charge on any atom is -0.493 e. The lowest BCUT2D eigenvalue weighted by Gasteiger charge is -2.12. The van der Waals surface area contributed by atoms with Gasteiger partial charge in [-0.1, -0.05) is 239 Å². The van der Waals surface area contributed by atoms with E-state index in [0.29, 0.717) is 5.56 Å². The molecule has 0 bridgehead atoms. The average Bonchev–Trinajstić information content (AvgIpc) is 3.26. The zero-order valence-corrected chi connectivity index (χ0v) is 36.0. The standard InChI is InChI=1S/C55H72O3/c1-3-5-7-9-11-13-15-17-19-21-41-57-54-43-53(44-55(45-54)58-42-22-20-18-16-14-12-10-8-6-4-2)40-37-50-32-29-49(30-33-50)28-25-47-23-26-48(27-24-47)31-34-51-35-38-52(46-56)39-36-51/h23-40,43-46H,3-22,41-42H2,1-2H3/b28-25+,34-31+,40-37+. The highest BCUT2D eigenvalue weighted by atomic mass is 16.5. The summed E-state index contributed by atoms with van der Waals surface area (Å²) in [6.45, 7) is 6.06. The van der Waals surface area contributed by atoms with Crippen LogP contribution in [-0.2, 0) is 0 Å². The van der Waals surface area contributed by atoms with Gasteiger partial charge in [-0.2, -0.15) is 0 Å². The maximum Gasteiger partial charge on any atom is 0.150 e. The lowest BCUT2D eigenvalue weighted by Crippen LogP contribution is -2.00. The molecule has 58 heavy (non-hydrogen) atoms. The first-order valence-electron chi connectivity index (χ1n) is 22.9. The second-order valence-electron chi connectivity index (χ2n) is 15.9. The monoisotopic (exact) mass is 781 g/mol. The quantitative estimate of drug-likeness (QED) is 0.0290. The van der Waals surface area contributed by atoms with E-state index in [1.165, 1.54) is 116 Å². The predicted octanol–water partition coefficient (Wildman–Crippen LogP) is 16.6. The van der Waals surface area contributed by atoms with Crippen molar-refractivity contribution in [2.45, 2.75) is 142 Å². The first kappa shape index (κ1) is 46.1. The third-order valence-electron chi connectivity index (χ3n) is 10.8. The Bertz CT molecular complexity index is 1700. The number of carbonyl (C=O) groups is 1. The molecule has 0 unspecified atom stereocenters. The molecule has 0 aliphatic carbocycles. The van der Waals surface area contributed by atoms with Crippen LogP contribution in [0.4, 0.5) is 0 Å². The largest absolute Gasteiger partial charge is 0.493 e. The predicted molar refractivity (Wildman–Crippen MR) is 253 cm³/mol. The van der Waals surface area contributed by atoms with Gasteiger partial charge in [0, 0.05) is 11.6 Å². The van der Waals surface area contributed by atoms with Gasteiger partial charge in [0.2, 0.25) is 0 Å². The van der Waals surface area contributed by atoms with Crippen LogP contribution in [0.25, 0.3) is 36.5 Å². The Morgan fingerprint density at radius 3 is 0.879 bits per heavy atom. The molecule has 0 atom stereocenters. The van der Waals surface area contributed by atoms with Gasteiger partial charge in [-0.3, -0.25) is 4.79 Å². The molecular weight excluding hydrogens is 709 g/mol. The fourth-order valence-electron chi connectivity index (χ4n) is 7.12. The highest BCUT2D eigenvalue weighted by Gasteiger charge is 2.04. The summed E-state index contributed by atoms with van der Waals surface area (Å²) in [7, 11) is 0. The molecule has 0 amide bonds. The van der Waals surface area contributed by atoms with E-state index in [9.17, 15) is 4.79 Å². The van der Waals surface area contributed by atoms with Gasteiger partial charge in [-0.25, -0.2) is 0 Å². The molecule has 0 saturated carbocycles. The van der Waals surface area contributed by atoms with E-state index in [4.69, 9.17) is 9.47 Å². The van der Waals surface area contributed by atoms with Crippen molar-refractivity contribution < 1.29 is 14.3 Å². The van der Waals surface area contributed by atoms with Crippen LogP contribution in [0.2, 0.25) is 0 Å². The van der Waals surface area contributed by atoms with E-state index in [0.717, 1.165) is 77.2 Å². The Morgan fingerprint density at radius 1 is 0.328 bits per heavy atom. The van der Waals surface area contributed by atoms with Gasteiger partial charge in [0.05, 0.1) is 13.2 Å². The van der Waals surface area contributed by atoms with Crippen molar-refractivity contribution in [3.05, 3.63) is 130 Å². The first-order chi connectivity index (χ1) is 28.6. The molecule has 0 fully saturated rings. The van der Waals surface area contributed by atoms with Crippen molar-refractivity contribution in [2.24, 2.45) is 0 Å². The highest BCUT2D eigenvalue weighted by molar-refractivity contribution is 5.77. The molecule has 0 saturated heterocycles. The van der Waals surface area contributed by atoms with Crippen LogP contribution in [0.5, 0.6) is 11.5 Å². The number of aldehydes is 1. The van der Waals surface area contributed by atoms with Crippen LogP contribution in [-0.4, -0.2) is 19.5 Å². The second kappa shape index (κ2) is 29.6. The molecule has 4 aromatic rings. The van der Waals surface area contributed by atoms with E-state index in [-0.39, 0.29) is 0 Å². The molecule has 310 valence electrons. The van der Waals surface area contributed by atoms with Gasteiger partial charge in [0.1, 0.15) is 17.8 Å². The molecule has 0 N–H and O–H groups in total. The molecule has 0 spiro atoms. The fraction of sp³-hybridized carbons (Fsp3) is 0.436. The summed E-state index contributed by atoms with van der Waals surface area (Å²) in [4.78, 5) is 10.9. The van der Waals surface area contributed by atoms with E-state index in [2.05, 4.69) is 117 Å². The minimum atomic E-state index is 0.689. The maximum atomic E-state index is 10.9. The van der Waals surface area contributed by atoms with E-state index >= 15 is 0 Å². The van der Waals surface area contributed by atoms with E-state index < -0.39 is 0 Å². The van der Waals surface area contributed by atoms with Gasteiger partial charge in [-0.15, -0.1) is 0 Å². The van der Waals surface area contributed by atoms with Crippen molar-refractivity contribution in [3.8, 4) is 11.5 Å². The van der Waals surface area contributed by atoms with Gasteiger partial charge < -0.3 is 9.47 Å². The van der Waals surface area contributed by atoms with E-state index in [1.54, 1.807) is 0 Å². The number of ether oxygens (including phenoxy) is 2. The molecule has 0 aliphatic heterocycles. The van der Waals surface area contributed by atoms with Crippen LogP contribution < -0.4 is 9.47 Å². The lowest BCUT2D eigenvalue weighted by molar-refractivity contribution is 0.112. The smallest absolute Gasteiger partial charge is 0.150 e. The summed E-state index contributed by atoms with van der Waals surface area (Å²) in [5.74, 6) is 1.79. The molecule has 4 rings (SSSR count). The van der Waals surface area contributed by atoms with Crippen molar-refractivity contribution in [3.63, 3.8) is 0 Å². The Kier molecular flexibility index (Phi) is 23.5. The Balaban J connectivity index is 1.26. The van der Waals surface area contributed by atoms with Gasteiger partial charge in [0.25, 0.3) is 0 Å². The summed E-state index contributed by atoms with van der Waals surface area (Å²) in [6, 6.07) is 31.1. The lowest BCUT2D eigenvalue weighted by atomic mass is 10.1. The van der Waals surface area contributed by atoms with Crippen LogP contribution in [0, 0.1) is 0 Å². The number of rotatable bonds is 31. The van der Waals surface area contributed by atoms with Gasteiger partial charge in [0.15, 0.2) is 0 Å². The molecule has 4 aromatic carbocycles. The zero-order valence-electron chi connectivity index (χ0n) is 36.0. The van der Waals surface area contributed by atoms with Crippen LogP contribution in [0.3, 0.4) is 0 Å². The minimum absolute atomic E-state index is 0.689. The number of hydrogen-bond acceptors (Lipinski definition) is 3. The third-order valence-corrected chi connectivity index (χ3v) is 10.8. The highest BCUT2D eigenvalue weighted by Crippen LogP contribution is 2.26. The third kappa shape index (κ3) is 20.2. The molecule has 3 heteroatoms. The Hall–Kier alpha value is -4.63. The van der Waals surface area contributed by atoms with Gasteiger partial charge >= 0.3 is 0 Å². The summed E-state index contributed by atoms with van der Waals surface area (Å²) >= 11 is 0. The normalized spacial score (nSPS) is 11.6. The Labute approximate surface area is 352 Å². The summed E-state index contributed by atoms with van der Waals surface area (Å²) in [6.07, 6.45) is 40.1. The number of unbranched alkanes of at least 4 members (excludes halogenated alkanes) is 18. The summed E-state index contributed by atoms with van der Waals surface area (Å²) < 4.78 is 12.6. The summed E-state index contributed by atoms with van der Waals surface area (Å²) in [5, 5.41) is 0. The van der Waals surface area contributed by atoms with Crippen molar-refractivity contribution >= 4 is 42.7 Å². The molecule has 0 aliphatic rings. The maximum absolute atomic E-state index is 10.9. The average molecular weight is 781 g/mol. The summed E-state index contributed by atoms with van der Waals surface area (Å²) in [5.41, 5.74) is 7.44. The first-order valence-corrected chi connectivity index (χ1v) is 22.9. The molecule has 0 aromatic heterocycles. The van der Waals surface area contributed by atoms with Crippen LogP contribution >= 0.6 is 0 Å². The molecule has 3 nitrogen and oxygen atoms in total. The van der Waals surface area contributed by atoms with Crippen LogP contribution in [0.1, 0.15) is 186 Å². The number of benzene rings is 4. The van der Waals surface area contributed by atoms with Crippen molar-refractivity contribution in [1.29, 1.82) is 0 Å². The Morgan fingerprint density at radius 2 is 0.586 bits per heavy atom. The second-order valence-corrected chi connectivity index (χ2v) is 15.9. The van der Waals surface area contributed by atoms with Crippen molar-refractivity contribution in [2.75, 3.05) is 13.2 Å². The molecule has 0 heterocycles. The van der Waals surface area contributed by atoms with E-state index in [1.807, 2.05) is 24.3 Å². The van der Waals surface area contributed by atoms with Crippen molar-refractivity contribution in [1.82, 2.24) is 0 Å². The zero-order chi connectivity index (χ0) is 40.7. The van der Waals surface area contributed by atoms with Crippen LogP contribution in [0.15, 0.2) is 91.0 Å². The molecule has 0 radical (unpaired) electrons. The number of carbonyl (C=O) groups excluding carboxylic acids is 1. The molecular formula is C55H72O3. The fourth-order valence-corrected chi connectivity index (χ4v) is 7.12.